The zero-order valence-electron chi connectivity index (χ0n) is 10.8. The van der Waals surface area contributed by atoms with Crippen molar-refractivity contribution in [2.24, 2.45) is 0 Å². The summed E-state index contributed by atoms with van der Waals surface area (Å²) in [6.07, 6.45) is 3.14. The van der Waals surface area contributed by atoms with E-state index in [-0.39, 0.29) is 18.7 Å². The second kappa shape index (κ2) is 6.99. The number of nitrogens with one attached hydrogen (secondary N) is 1. The summed E-state index contributed by atoms with van der Waals surface area (Å²) in [5.74, 6) is -2.13. The van der Waals surface area contributed by atoms with E-state index in [1.54, 1.807) is 18.3 Å². The summed E-state index contributed by atoms with van der Waals surface area (Å²) in [6, 6.07) is 5.40. The molecule has 0 unspecified atom stereocenters. The van der Waals surface area contributed by atoms with Gasteiger partial charge >= 0.3 is 0 Å². The number of hydrogen-bond acceptors (Lipinski definition) is 3. The minimum absolute atomic E-state index is 0.155. The van der Waals surface area contributed by atoms with Crippen LogP contribution < -0.4 is 10.1 Å². The molecule has 1 amide bonds. The van der Waals surface area contributed by atoms with Gasteiger partial charge in [0.25, 0.3) is 5.91 Å². The third-order valence-corrected chi connectivity index (χ3v) is 2.92. The van der Waals surface area contributed by atoms with Crippen LogP contribution in [0.5, 0.6) is 5.75 Å². The van der Waals surface area contributed by atoms with E-state index in [2.05, 4.69) is 10.3 Å². The number of nitrogens with zero attached hydrogens (tertiary/aromatic N) is 1. The molecule has 0 fully saturated rings. The SMILES string of the molecule is O=C(NCCOc1cccnc1)c1ccc(F)c(Cl)c1F. The van der Waals surface area contributed by atoms with Gasteiger partial charge in [0.15, 0.2) is 5.82 Å². The Bertz CT molecular complexity index is 638. The van der Waals surface area contributed by atoms with Gasteiger partial charge in [-0.1, -0.05) is 11.6 Å². The molecule has 110 valence electrons. The summed E-state index contributed by atoms with van der Waals surface area (Å²) in [5, 5.41) is 1.75. The summed E-state index contributed by atoms with van der Waals surface area (Å²) < 4.78 is 31.9. The van der Waals surface area contributed by atoms with E-state index in [9.17, 15) is 13.6 Å². The van der Waals surface area contributed by atoms with Crippen LogP contribution >= 0.6 is 11.6 Å². The minimum atomic E-state index is -1.08. The lowest BCUT2D eigenvalue weighted by Gasteiger charge is -2.08. The fraction of sp³-hybridized carbons (Fsp3) is 0.143. The fourth-order valence-corrected chi connectivity index (χ4v) is 1.73. The van der Waals surface area contributed by atoms with Crippen molar-refractivity contribution in [1.82, 2.24) is 10.3 Å². The highest BCUT2D eigenvalue weighted by Crippen LogP contribution is 2.21. The van der Waals surface area contributed by atoms with E-state index in [1.807, 2.05) is 0 Å². The van der Waals surface area contributed by atoms with Crippen LogP contribution in [-0.4, -0.2) is 24.0 Å². The number of benzene rings is 1. The first kappa shape index (κ1) is 15.2. The molecular formula is C14H11ClF2N2O2. The molecular weight excluding hydrogens is 302 g/mol. The first-order valence-corrected chi connectivity index (χ1v) is 6.42. The van der Waals surface area contributed by atoms with Crippen LogP contribution in [-0.2, 0) is 0 Å². The second-order valence-electron chi connectivity index (χ2n) is 4.02. The third kappa shape index (κ3) is 3.88. The number of halogens is 3. The Kier molecular flexibility index (Phi) is 5.05. The van der Waals surface area contributed by atoms with Gasteiger partial charge in [-0.2, -0.15) is 0 Å². The zero-order valence-corrected chi connectivity index (χ0v) is 11.5. The maximum atomic E-state index is 13.6. The highest BCUT2D eigenvalue weighted by molar-refractivity contribution is 6.31. The Balaban J connectivity index is 1.87. The maximum Gasteiger partial charge on any atom is 0.254 e. The monoisotopic (exact) mass is 312 g/mol. The Labute approximate surface area is 124 Å². The van der Waals surface area contributed by atoms with Crippen molar-refractivity contribution in [3.05, 3.63) is 58.9 Å². The predicted molar refractivity (Wildman–Crippen MR) is 73.4 cm³/mol. The van der Waals surface area contributed by atoms with Crippen LogP contribution in [0.4, 0.5) is 8.78 Å². The molecule has 1 N–H and O–H groups in total. The molecule has 0 aliphatic rings. The van der Waals surface area contributed by atoms with E-state index in [4.69, 9.17) is 16.3 Å². The average Bonchev–Trinajstić information content (AvgIpc) is 2.50. The lowest BCUT2D eigenvalue weighted by atomic mass is 10.2. The summed E-state index contributed by atoms with van der Waals surface area (Å²) in [6.45, 7) is 0.343. The van der Waals surface area contributed by atoms with Crippen molar-refractivity contribution in [2.45, 2.75) is 0 Å². The van der Waals surface area contributed by atoms with Crippen molar-refractivity contribution in [2.75, 3.05) is 13.2 Å². The smallest absolute Gasteiger partial charge is 0.254 e. The Morgan fingerprint density at radius 1 is 1.33 bits per heavy atom. The maximum absolute atomic E-state index is 13.6. The molecule has 7 heteroatoms. The normalized spacial score (nSPS) is 10.2. The number of pyridine rings is 1. The number of hydrogen-bond donors (Lipinski definition) is 1. The van der Waals surface area contributed by atoms with Crippen LogP contribution in [0.15, 0.2) is 36.7 Å². The standard InChI is InChI=1S/C14H11ClF2N2O2/c15-12-11(16)4-3-10(13(12)17)14(20)19-6-7-21-9-2-1-5-18-8-9/h1-5,8H,6-7H2,(H,19,20). The molecule has 2 rings (SSSR count). The average molecular weight is 313 g/mol. The van der Waals surface area contributed by atoms with Crippen molar-refractivity contribution < 1.29 is 18.3 Å². The van der Waals surface area contributed by atoms with Crippen molar-refractivity contribution in [3.63, 3.8) is 0 Å². The summed E-state index contributed by atoms with van der Waals surface area (Å²) in [7, 11) is 0. The van der Waals surface area contributed by atoms with Crippen molar-refractivity contribution in [1.29, 1.82) is 0 Å². The quantitative estimate of drug-likeness (QED) is 0.682. The Morgan fingerprint density at radius 2 is 2.14 bits per heavy atom. The van der Waals surface area contributed by atoms with Gasteiger partial charge in [-0.3, -0.25) is 9.78 Å². The third-order valence-electron chi connectivity index (χ3n) is 2.57. The van der Waals surface area contributed by atoms with E-state index < -0.39 is 22.6 Å². The largest absolute Gasteiger partial charge is 0.490 e. The number of carbonyl (C=O) groups is 1. The van der Waals surface area contributed by atoms with E-state index >= 15 is 0 Å². The topological polar surface area (TPSA) is 51.2 Å². The number of carbonyl (C=O) groups excluding carboxylic acids is 1. The van der Waals surface area contributed by atoms with Gasteiger partial charge in [0.1, 0.15) is 23.2 Å². The summed E-state index contributed by atoms with van der Waals surface area (Å²) in [4.78, 5) is 15.6. The molecule has 0 saturated heterocycles. The highest BCUT2D eigenvalue weighted by Gasteiger charge is 2.16. The van der Waals surface area contributed by atoms with Gasteiger partial charge in [0, 0.05) is 6.20 Å². The van der Waals surface area contributed by atoms with Crippen LogP contribution in [0.2, 0.25) is 5.02 Å². The second-order valence-corrected chi connectivity index (χ2v) is 4.39. The van der Waals surface area contributed by atoms with Gasteiger partial charge in [-0.05, 0) is 24.3 Å². The molecule has 1 aromatic carbocycles. The predicted octanol–water partition coefficient (Wildman–Crippen LogP) is 2.82. The lowest BCUT2D eigenvalue weighted by molar-refractivity contribution is 0.0943. The minimum Gasteiger partial charge on any atom is -0.490 e. The van der Waals surface area contributed by atoms with Crippen molar-refractivity contribution in [3.8, 4) is 5.75 Å². The van der Waals surface area contributed by atoms with Crippen LogP contribution in [0, 0.1) is 11.6 Å². The summed E-state index contributed by atoms with van der Waals surface area (Å²) >= 11 is 5.41. The lowest BCUT2D eigenvalue weighted by Crippen LogP contribution is -2.29. The summed E-state index contributed by atoms with van der Waals surface area (Å²) in [5.41, 5.74) is -0.317. The Morgan fingerprint density at radius 3 is 2.86 bits per heavy atom. The molecule has 0 radical (unpaired) electrons. The van der Waals surface area contributed by atoms with Gasteiger partial charge in [0.05, 0.1) is 18.3 Å². The molecule has 0 saturated carbocycles. The fourth-order valence-electron chi connectivity index (χ4n) is 1.56. The van der Waals surface area contributed by atoms with Gasteiger partial charge in [-0.15, -0.1) is 0 Å². The molecule has 21 heavy (non-hydrogen) atoms. The zero-order chi connectivity index (χ0) is 15.2. The number of aromatic nitrogens is 1. The number of ether oxygens (including phenoxy) is 1. The molecule has 0 atom stereocenters. The van der Waals surface area contributed by atoms with E-state index in [1.165, 1.54) is 6.20 Å². The highest BCUT2D eigenvalue weighted by atomic mass is 35.5. The molecule has 0 spiro atoms. The van der Waals surface area contributed by atoms with E-state index in [0.29, 0.717) is 5.75 Å². The first-order chi connectivity index (χ1) is 10.1. The van der Waals surface area contributed by atoms with E-state index in [0.717, 1.165) is 12.1 Å². The van der Waals surface area contributed by atoms with Gasteiger partial charge < -0.3 is 10.1 Å². The molecule has 4 nitrogen and oxygen atoms in total. The van der Waals surface area contributed by atoms with Crippen molar-refractivity contribution >= 4 is 17.5 Å². The van der Waals surface area contributed by atoms with Gasteiger partial charge in [-0.25, -0.2) is 8.78 Å². The Hall–Kier alpha value is -2.21. The molecule has 2 aromatic rings. The molecule has 0 aliphatic carbocycles. The molecule has 1 aromatic heterocycles. The number of amides is 1. The van der Waals surface area contributed by atoms with Gasteiger partial charge in [0.2, 0.25) is 0 Å². The first-order valence-electron chi connectivity index (χ1n) is 6.04. The van der Waals surface area contributed by atoms with Crippen LogP contribution in [0.3, 0.4) is 0 Å². The molecule has 1 heterocycles. The number of rotatable bonds is 5. The molecule has 0 aliphatic heterocycles. The van der Waals surface area contributed by atoms with Crippen LogP contribution in [0.25, 0.3) is 0 Å². The van der Waals surface area contributed by atoms with Crippen LogP contribution in [0.1, 0.15) is 10.4 Å². The molecule has 0 bridgehead atoms.